The Morgan fingerprint density at radius 1 is 1.31 bits per heavy atom. The van der Waals surface area contributed by atoms with Crippen LogP contribution in [0, 0.1) is 25.7 Å². The summed E-state index contributed by atoms with van der Waals surface area (Å²) in [6.45, 7) is 8.86. The van der Waals surface area contributed by atoms with Crippen LogP contribution in [-0.2, 0) is 5.54 Å². The van der Waals surface area contributed by atoms with Crippen LogP contribution in [0.15, 0.2) is 0 Å². The van der Waals surface area contributed by atoms with E-state index in [1.165, 1.54) is 11.3 Å². The fourth-order valence-corrected chi connectivity index (χ4v) is 3.58. The minimum atomic E-state index is -0.157. The number of nitrogens with two attached hydrogens (primary N) is 1. The van der Waals surface area contributed by atoms with Gasteiger partial charge in [-0.25, -0.2) is 4.98 Å². The quantitative estimate of drug-likeness (QED) is 0.814. The Morgan fingerprint density at radius 2 is 2.00 bits per heavy atom. The third-order valence-corrected chi connectivity index (χ3v) is 5.45. The molecule has 1 saturated carbocycles. The van der Waals surface area contributed by atoms with Crippen LogP contribution in [0.2, 0.25) is 0 Å². The zero-order valence-electron chi connectivity index (χ0n) is 10.7. The third kappa shape index (κ3) is 2.03. The average Bonchev–Trinajstić information content (AvgIpc) is 2.55. The fraction of sp³-hybridized carbons (Fsp3) is 0.769. The molecule has 3 heteroatoms. The van der Waals surface area contributed by atoms with Gasteiger partial charge in [0.25, 0.3) is 0 Å². The molecule has 1 heterocycles. The van der Waals surface area contributed by atoms with Crippen LogP contribution in [0.4, 0.5) is 0 Å². The lowest BCUT2D eigenvalue weighted by Gasteiger charge is -2.38. The number of hydrogen-bond acceptors (Lipinski definition) is 3. The van der Waals surface area contributed by atoms with Gasteiger partial charge in [0.15, 0.2) is 0 Å². The monoisotopic (exact) mass is 238 g/mol. The average molecular weight is 238 g/mol. The number of aromatic nitrogens is 1. The van der Waals surface area contributed by atoms with Crippen molar-refractivity contribution < 1.29 is 0 Å². The summed E-state index contributed by atoms with van der Waals surface area (Å²) in [7, 11) is 0. The summed E-state index contributed by atoms with van der Waals surface area (Å²) < 4.78 is 0. The smallest absolute Gasteiger partial charge is 0.113 e. The third-order valence-electron chi connectivity index (χ3n) is 4.16. The maximum atomic E-state index is 6.56. The minimum Gasteiger partial charge on any atom is -0.319 e. The van der Waals surface area contributed by atoms with Crippen molar-refractivity contribution in [3.8, 4) is 0 Å². The summed E-state index contributed by atoms with van der Waals surface area (Å²) in [6, 6.07) is 0. The normalized spacial score (nSPS) is 35.3. The Hall–Kier alpha value is -0.410. The second kappa shape index (κ2) is 4.11. The molecule has 0 radical (unpaired) electrons. The molecule has 1 aromatic rings. The van der Waals surface area contributed by atoms with Crippen LogP contribution in [0.25, 0.3) is 0 Å². The molecule has 1 aliphatic carbocycles. The Balaban J connectivity index is 2.25. The topological polar surface area (TPSA) is 38.9 Å². The molecule has 3 unspecified atom stereocenters. The molecular weight excluding hydrogens is 216 g/mol. The lowest BCUT2D eigenvalue weighted by Crippen LogP contribution is -2.43. The second-order valence-electron chi connectivity index (χ2n) is 5.51. The molecule has 1 aromatic heterocycles. The van der Waals surface area contributed by atoms with Gasteiger partial charge < -0.3 is 5.73 Å². The van der Waals surface area contributed by atoms with Gasteiger partial charge in [-0.05, 0) is 44.9 Å². The predicted molar refractivity (Wildman–Crippen MR) is 69.6 cm³/mol. The Kier molecular flexibility index (Phi) is 3.10. The van der Waals surface area contributed by atoms with E-state index in [9.17, 15) is 0 Å². The maximum absolute atomic E-state index is 6.56. The second-order valence-corrected chi connectivity index (χ2v) is 6.72. The molecule has 2 rings (SSSR count). The number of aryl methyl sites for hydroxylation is 2. The molecule has 0 aromatic carbocycles. The molecule has 0 bridgehead atoms. The van der Waals surface area contributed by atoms with E-state index in [1.54, 1.807) is 11.3 Å². The SMILES string of the molecule is Cc1nc(C2(N)CCC(C)C(C)C2)sc1C. The molecule has 0 saturated heterocycles. The van der Waals surface area contributed by atoms with E-state index in [0.717, 1.165) is 29.5 Å². The Labute approximate surface area is 102 Å². The van der Waals surface area contributed by atoms with Crippen LogP contribution in [0.1, 0.15) is 48.7 Å². The molecule has 3 atom stereocenters. The van der Waals surface area contributed by atoms with E-state index >= 15 is 0 Å². The highest BCUT2D eigenvalue weighted by molar-refractivity contribution is 7.11. The zero-order chi connectivity index (χ0) is 11.9. The molecule has 0 aliphatic heterocycles. The minimum absolute atomic E-state index is 0.157. The van der Waals surface area contributed by atoms with E-state index in [0.29, 0.717) is 5.92 Å². The summed E-state index contributed by atoms with van der Waals surface area (Å²) in [5.41, 5.74) is 7.56. The largest absolute Gasteiger partial charge is 0.319 e. The zero-order valence-corrected chi connectivity index (χ0v) is 11.5. The van der Waals surface area contributed by atoms with Gasteiger partial charge in [-0.1, -0.05) is 13.8 Å². The van der Waals surface area contributed by atoms with Gasteiger partial charge in [-0.15, -0.1) is 11.3 Å². The Bertz CT molecular complexity index is 366. The molecule has 2 N–H and O–H groups in total. The van der Waals surface area contributed by atoms with Crippen molar-refractivity contribution in [2.24, 2.45) is 17.6 Å². The van der Waals surface area contributed by atoms with Crippen molar-refractivity contribution >= 4 is 11.3 Å². The lowest BCUT2D eigenvalue weighted by atomic mass is 9.72. The van der Waals surface area contributed by atoms with E-state index in [4.69, 9.17) is 5.73 Å². The highest BCUT2D eigenvalue weighted by atomic mass is 32.1. The van der Waals surface area contributed by atoms with Crippen molar-refractivity contribution in [2.45, 2.75) is 52.5 Å². The molecule has 16 heavy (non-hydrogen) atoms. The van der Waals surface area contributed by atoms with Crippen LogP contribution in [0.5, 0.6) is 0 Å². The highest BCUT2D eigenvalue weighted by Gasteiger charge is 2.38. The van der Waals surface area contributed by atoms with Gasteiger partial charge in [0.05, 0.1) is 11.2 Å². The first-order valence-corrected chi connectivity index (χ1v) is 6.97. The molecule has 0 amide bonds. The van der Waals surface area contributed by atoms with Gasteiger partial charge in [0.1, 0.15) is 5.01 Å². The number of hydrogen-bond donors (Lipinski definition) is 1. The first-order valence-electron chi connectivity index (χ1n) is 6.16. The van der Waals surface area contributed by atoms with Gasteiger partial charge in [-0.3, -0.25) is 0 Å². The Morgan fingerprint density at radius 3 is 2.50 bits per heavy atom. The predicted octanol–water partition coefficient (Wildman–Crippen LogP) is 3.37. The van der Waals surface area contributed by atoms with Crippen molar-refractivity contribution in [1.82, 2.24) is 4.98 Å². The summed E-state index contributed by atoms with van der Waals surface area (Å²) in [4.78, 5) is 5.97. The van der Waals surface area contributed by atoms with E-state index in [1.807, 2.05) is 0 Å². The van der Waals surface area contributed by atoms with Gasteiger partial charge in [0.2, 0.25) is 0 Å². The molecule has 90 valence electrons. The fourth-order valence-electron chi connectivity index (χ4n) is 2.53. The summed E-state index contributed by atoms with van der Waals surface area (Å²) >= 11 is 1.79. The van der Waals surface area contributed by atoms with Gasteiger partial charge in [-0.2, -0.15) is 0 Å². The molecule has 0 spiro atoms. The van der Waals surface area contributed by atoms with E-state index in [-0.39, 0.29) is 5.54 Å². The number of thiazole rings is 1. The van der Waals surface area contributed by atoms with Crippen molar-refractivity contribution in [3.63, 3.8) is 0 Å². The summed E-state index contributed by atoms with van der Waals surface area (Å²) in [5.74, 6) is 1.52. The molecule has 2 nitrogen and oxygen atoms in total. The molecule has 1 fully saturated rings. The first kappa shape index (κ1) is 12.1. The van der Waals surface area contributed by atoms with Crippen LogP contribution in [-0.4, -0.2) is 4.98 Å². The lowest BCUT2D eigenvalue weighted by molar-refractivity contribution is 0.176. The summed E-state index contributed by atoms with van der Waals surface area (Å²) in [5, 5.41) is 1.15. The van der Waals surface area contributed by atoms with Crippen LogP contribution in [0.3, 0.4) is 0 Å². The van der Waals surface area contributed by atoms with E-state index in [2.05, 4.69) is 32.7 Å². The van der Waals surface area contributed by atoms with Gasteiger partial charge >= 0.3 is 0 Å². The number of rotatable bonds is 1. The molecule has 1 aliphatic rings. The highest BCUT2D eigenvalue weighted by Crippen LogP contribution is 2.42. The van der Waals surface area contributed by atoms with Crippen molar-refractivity contribution in [1.29, 1.82) is 0 Å². The van der Waals surface area contributed by atoms with E-state index < -0.39 is 0 Å². The summed E-state index contributed by atoms with van der Waals surface area (Å²) in [6.07, 6.45) is 3.40. The van der Waals surface area contributed by atoms with Crippen molar-refractivity contribution in [3.05, 3.63) is 15.6 Å². The standard InChI is InChI=1S/C13H22N2S/c1-8-5-6-13(14,7-9(8)2)12-15-10(3)11(4)16-12/h8-9H,5-7,14H2,1-4H3. The van der Waals surface area contributed by atoms with Crippen LogP contribution < -0.4 is 5.73 Å². The van der Waals surface area contributed by atoms with Crippen LogP contribution >= 0.6 is 11.3 Å². The number of nitrogens with zero attached hydrogens (tertiary/aromatic N) is 1. The molecular formula is C13H22N2S. The maximum Gasteiger partial charge on any atom is 0.113 e. The first-order chi connectivity index (χ1) is 7.42. The van der Waals surface area contributed by atoms with Gasteiger partial charge in [0, 0.05) is 4.88 Å². The van der Waals surface area contributed by atoms with Crippen molar-refractivity contribution in [2.75, 3.05) is 0 Å².